The molecule has 5 aromatic rings. The van der Waals surface area contributed by atoms with Crippen LogP contribution in [0.4, 0.5) is 5.69 Å². The van der Waals surface area contributed by atoms with Gasteiger partial charge in [0.15, 0.2) is 23.1 Å². The zero-order chi connectivity index (χ0) is 27.0. The normalized spacial score (nSPS) is 11.9. The van der Waals surface area contributed by atoms with Gasteiger partial charge in [-0.2, -0.15) is 0 Å². The Hall–Kier alpha value is -3.88. The van der Waals surface area contributed by atoms with E-state index in [-0.39, 0.29) is 28.8 Å². The summed E-state index contributed by atoms with van der Waals surface area (Å²) in [6.45, 7) is 8.00. The molecule has 2 heterocycles. The molecule has 194 valence electrons. The lowest BCUT2D eigenvalue weighted by molar-refractivity contribution is -0.118. The molecule has 1 amide bonds. The molecule has 2 aromatic heterocycles. The molecular formula is C29H26ClN3O4S. The van der Waals surface area contributed by atoms with Crippen LogP contribution in [0.25, 0.3) is 22.1 Å². The van der Waals surface area contributed by atoms with Gasteiger partial charge in [-0.15, -0.1) is 0 Å². The third kappa shape index (κ3) is 5.10. The smallest absolute Gasteiger partial charge is 0.274 e. The van der Waals surface area contributed by atoms with E-state index in [9.17, 15) is 9.59 Å². The Kier molecular flexibility index (Phi) is 7.10. The van der Waals surface area contributed by atoms with Crippen LogP contribution in [0.15, 0.2) is 53.3 Å². The number of rotatable bonds is 7. The van der Waals surface area contributed by atoms with Gasteiger partial charge in [0.25, 0.3) is 11.5 Å². The number of ether oxygens (including phenoxy) is 2. The summed E-state index contributed by atoms with van der Waals surface area (Å²) in [5.74, 6) is 0.336. The van der Waals surface area contributed by atoms with E-state index in [1.807, 2.05) is 64.1 Å². The first-order chi connectivity index (χ1) is 18.2. The zero-order valence-corrected chi connectivity index (χ0v) is 23.0. The summed E-state index contributed by atoms with van der Waals surface area (Å²) in [6.07, 6.45) is 1.76. The minimum absolute atomic E-state index is 0.141. The molecule has 0 radical (unpaired) electrons. The average Bonchev–Trinajstić information content (AvgIpc) is 3.36. The average molecular weight is 548 g/mol. The van der Waals surface area contributed by atoms with Crippen molar-refractivity contribution >= 4 is 56.6 Å². The SMILES string of the molecule is CCOc1cc(/C=c2\sc3nc4cc(C)c(C)cc4n3c2=O)cc(Cl)c1OCC(=O)Nc1ccc(C)cc1. The number of imidazole rings is 1. The standard InChI is InChI=1S/C29H26ClN3O4S/c1-5-36-24-13-19(12-21(30)27(24)37-15-26(34)31-20-8-6-16(2)7-9-20)14-25-28(35)33-23-11-18(4)17(3)10-22(23)32-29(33)38-25/h6-14H,5,15H2,1-4H3,(H,31,34)/b25-14-. The number of fused-ring (bicyclic) bond motifs is 3. The number of amides is 1. The van der Waals surface area contributed by atoms with Crippen molar-refractivity contribution in [2.75, 3.05) is 18.5 Å². The van der Waals surface area contributed by atoms with Crippen LogP contribution in [0.2, 0.25) is 5.02 Å². The van der Waals surface area contributed by atoms with Gasteiger partial charge in [-0.3, -0.25) is 9.59 Å². The number of nitrogens with zero attached hydrogens (tertiary/aromatic N) is 2. The maximum absolute atomic E-state index is 13.3. The second-order valence-electron chi connectivity index (χ2n) is 9.04. The lowest BCUT2D eigenvalue weighted by atomic mass is 10.1. The Morgan fingerprint density at radius 2 is 1.82 bits per heavy atom. The van der Waals surface area contributed by atoms with Crippen LogP contribution in [-0.4, -0.2) is 28.5 Å². The number of hydrogen-bond acceptors (Lipinski definition) is 6. The van der Waals surface area contributed by atoms with Crippen molar-refractivity contribution < 1.29 is 14.3 Å². The molecule has 0 atom stereocenters. The Labute approximate surface area is 228 Å². The van der Waals surface area contributed by atoms with Gasteiger partial charge in [-0.05, 0) is 86.9 Å². The van der Waals surface area contributed by atoms with Crippen molar-refractivity contribution in [3.63, 3.8) is 0 Å². The molecule has 0 aliphatic rings. The lowest BCUT2D eigenvalue weighted by Crippen LogP contribution is -2.22. The number of aromatic nitrogens is 2. The lowest BCUT2D eigenvalue weighted by Gasteiger charge is -2.14. The second kappa shape index (κ2) is 10.5. The first-order valence-electron chi connectivity index (χ1n) is 12.1. The van der Waals surface area contributed by atoms with Crippen LogP contribution >= 0.6 is 22.9 Å². The minimum atomic E-state index is -0.321. The molecule has 0 unspecified atom stereocenters. The fraction of sp³-hybridized carbons (Fsp3) is 0.207. The number of thiazole rings is 1. The molecule has 0 aliphatic heterocycles. The molecule has 0 fully saturated rings. The van der Waals surface area contributed by atoms with Crippen LogP contribution in [0, 0.1) is 20.8 Å². The first kappa shape index (κ1) is 25.8. The Bertz CT molecular complexity index is 1790. The van der Waals surface area contributed by atoms with Crippen molar-refractivity contribution in [2.45, 2.75) is 27.7 Å². The Morgan fingerprint density at radius 3 is 2.55 bits per heavy atom. The molecule has 9 heteroatoms. The van der Waals surface area contributed by atoms with Crippen molar-refractivity contribution in [2.24, 2.45) is 0 Å². The second-order valence-corrected chi connectivity index (χ2v) is 10.5. The monoisotopic (exact) mass is 547 g/mol. The number of carbonyl (C=O) groups is 1. The predicted molar refractivity (Wildman–Crippen MR) is 153 cm³/mol. The van der Waals surface area contributed by atoms with E-state index in [0.29, 0.717) is 33.1 Å². The predicted octanol–water partition coefficient (Wildman–Crippen LogP) is 5.45. The number of hydrogen-bond donors (Lipinski definition) is 1. The molecule has 1 N–H and O–H groups in total. The largest absolute Gasteiger partial charge is 0.490 e. The summed E-state index contributed by atoms with van der Waals surface area (Å²) in [6, 6.07) is 14.9. The molecule has 0 spiro atoms. The summed E-state index contributed by atoms with van der Waals surface area (Å²) >= 11 is 7.87. The molecule has 3 aromatic carbocycles. The molecule has 0 bridgehead atoms. The first-order valence-corrected chi connectivity index (χ1v) is 13.3. The number of aryl methyl sites for hydroxylation is 3. The highest BCUT2D eigenvalue weighted by Gasteiger charge is 2.16. The molecule has 0 saturated heterocycles. The molecule has 0 saturated carbocycles. The highest BCUT2D eigenvalue weighted by Crippen LogP contribution is 2.37. The highest BCUT2D eigenvalue weighted by molar-refractivity contribution is 7.15. The van der Waals surface area contributed by atoms with E-state index in [0.717, 1.165) is 27.7 Å². The summed E-state index contributed by atoms with van der Waals surface area (Å²) in [5.41, 5.74) is 6.15. The van der Waals surface area contributed by atoms with Gasteiger partial charge in [0.2, 0.25) is 0 Å². The number of nitrogens with one attached hydrogen (secondary N) is 1. The van der Waals surface area contributed by atoms with E-state index < -0.39 is 0 Å². The summed E-state index contributed by atoms with van der Waals surface area (Å²) in [7, 11) is 0. The van der Waals surface area contributed by atoms with Gasteiger partial charge >= 0.3 is 0 Å². The van der Waals surface area contributed by atoms with E-state index in [4.69, 9.17) is 21.1 Å². The zero-order valence-electron chi connectivity index (χ0n) is 21.4. The molecule has 0 aliphatic carbocycles. The van der Waals surface area contributed by atoms with E-state index in [1.165, 1.54) is 11.3 Å². The number of carbonyl (C=O) groups excluding carboxylic acids is 1. The summed E-state index contributed by atoms with van der Waals surface area (Å²) in [5, 5.41) is 3.07. The maximum atomic E-state index is 13.3. The number of halogens is 1. The van der Waals surface area contributed by atoms with E-state index >= 15 is 0 Å². The Morgan fingerprint density at radius 1 is 1.08 bits per heavy atom. The quantitative estimate of drug-likeness (QED) is 0.293. The van der Waals surface area contributed by atoms with Gasteiger partial charge in [-0.1, -0.05) is 40.6 Å². The third-order valence-corrected chi connectivity index (χ3v) is 7.42. The van der Waals surface area contributed by atoms with Crippen LogP contribution in [0.3, 0.4) is 0 Å². The van der Waals surface area contributed by atoms with Gasteiger partial charge in [0, 0.05) is 5.69 Å². The van der Waals surface area contributed by atoms with Crippen LogP contribution in [0.1, 0.15) is 29.2 Å². The number of anilines is 1. The van der Waals surface area contributed by atoms with Crippen molar-refractivity contribution in [1.82, 2.24) is 9.38 Å². The van der Waals surface area contributed by atoms with Crippen molar-refractivity contribution in [1.29, 1.82) is 0 Å². The maximum Gasteiger partial charge on any atom is 0.274 e. The third-order valence-electron chi connectivity index (χ3n) is 6.17. The van der Waals surface area contributed by atoms with Gasteiger partial charge in [0.1, 0.15) is 0 Å². The van der Waals surface area contributed by atoms with E-state index in [2.05, 4.69) is 10.3 Å². The summed E-state index contributed by atoms with van der Waals surface area (Å²) in [4.78, 5) is 31.0. The molecule has 38 heavy (non-hydrogen) atoms. The fourth-order valence-corrected chi connectivity index (χ4v) is 5.38. The molecular weight excluding hydrogens is 522 g/mol. The van der Waals surface area contributed by atoms with E-state index in [1.54, 1.807) is 22.6 Å². The van der Waals surface area contributed by atoms with Crippen LogP contribution in [0.5, 0.6) is 11.5 Å². The number of benzene rings is 3. The Balaban J connectivity index is 1.44. The van der Waals surface area contributed by atoms with Crippen molar-refractivity contribution in [3.8, 4) is 11.5 Å². The topological polar surface area (TPSA) is 81.9 Å². The fourth-order valence-electron chi connectivity index (χ4n) is 4.12. The summed E-state index contributed by atoms with van der Waals surface area (Å²) < 4.78 is 13.7. The van der Waals surface area contributed by atoms with Crippen LogP contribution in [-0.2, 0) is 4.79 Å². The van der Waals surface area contributed by atoms with Gasteiger partial charge in [-0.25, -0.2) is 9.38 Å². The minimum Gasteiger partial charge on any atom is -0.490 e. The molecule has 7 nitrogen and oxygen atoms in total. The molecule has 5 rings (SSSR count). The van der Waals surface area contributed by atoms with Gasteiger partial charge in [0.05, 0.1) is 27.2 Å². The highest BCUT2D eigenvalue weighted by atomic mass is 35.5. The van der Waals surface area contributed by atoms with Crippen LogP contribution < -0.4 is 24.9 Å². The van der Waals surface area contributed by atoms with Crippen molar-refractivity contribution in [3.05, 3.63) is 90.7 Å². The van der Waals surface area contributed by atoms with Gasteiger partial charge < -0.3 is 14.8 Å².